The van der Waals surface area contributed by atoms with E-state index in [2.05, 4.69) is 18.2 Å². The molecule has 0 radical (unpaired) electrons. The van der Waals surface area contributed by atoms with E-state index in [1.165, 1.54) is 4.90 Å². The Morgan fingerprint density at radius 3 is 2.75 bits per heavy atom. The molecular weight excluding hydrogens is 252 g/mol. The molecule has 2 aromatic rings. The summed E-state index contributed by atoms with van der Waals surface area (Å²) in [6, 6.07) is 8.07. The van der Waals surface area contributed by atoms with E-state index in [0.717, 1.165) is 42.8 Å². The maximum atomic E-state index is 12.4. The molecule has 0 bridgehead atoms. The van der Waals surface area contributed by atoms with E-state index in [-0.39, 0.29) is 5.91 Å². The van der Waals surface area contributed by atoms with Crippen LogP contribution in [0.4, 0.5) is 0 Å². The van der Waals surface area contributed by atoms with Crippen LogP contribution in [-0.4, -0.2) is 53.8 Å². The van der Waals surface area contributed by atoms with Gasteiger partial charge in [-0.1, -0.05) is 18.2 Å². The number of hydrogen-bond acceptors (Lipinski definition) is 2. The van der Waals surface area contributed by atoms with Crippen LogP contribution in [0.3, 0.4) is 0 Å². The second-order valence-electron chi connectivity index (χ2n) is 5.60. The Labute approximate surface area is 118 Å². The molecule has 1 aliphatic heterocycles. The molecule has 1 N–H and O–H groups in total. The van der Waals surface area contributed by atoms with Gasteiger partial charge in [0.05, 0.1) is 44.4 Å². The van der Waals surface area contributed by atoms with Crippen LogP contribution >= 0.6 is 0 Å². The smallest absolute Gasteiger partial charge is 0.244 e. The fourth-order valence-corrected chi connectivity index (χ4v) is 2.78. The second kappa shape index (κ2) is 5.25. The number of aromatic nitrogens is 2. The lowest BCUT2D eigenvalue weighted by atomic mass is 10.2. The topological polar surface area (TPSA) is 42.6 Å². The number of carbonyl (C=O) groups excluding carboxylic acids is 1. The van der Waals surface area contributed by atoms with Crippen molar-refractivity contribution in [2.75, 3.05) is 33.2 Å². The average molecular weight is 273 g/mol. The number of piperazine rings is 1. The van der Waals surface area contributed by atoms with E-state index in [9.17, 15) is 4.79 Å². The van der Waals surface area contributed by atoms with Gasteiger partial charge < -0.3 is 9.80 Å². The lowest BCUT2D eigenvalue weighted by Crippen LogP contribution is -3.12. The van der Waals surface area contributed by atoms with E-state index < -0.39 is 0 Å². The van der Waals surface area contributed by atoms with Crippen LogP contribution in [0, 0.1) is 6.92 Å². The van der Waals surface area contributed by atoms with Crippen LogP contribution in [0.5, 0.6) is 0 Å². The summed E-state index contributed by atoms with van der Waals surface area (Å²) in [5, 5.41) is 5.63. The van der Waals surface area contributed by atoms with Crippen molar-refractivity contribution in [2.24, 2.45) is 0 Å². The molecule has 1 aromatic carbocycles. The van der Waals surface area contributed by atoms with Gasteiger partial charge in [0.25, 0.3) is 0 Å². The van der Waals surface area contributed by atoms with Crippen LogP contribution in [0.25, 0.3) is 10.9 Å². The van der Waals surface area contributed by atoms with Crippen molar-refractivity contribution in [1.82, 2.24) is 14.7 Å². The zero-order valence-corrected chi connectivity index (χ0v) is 12.1. The number of aryl methyl sites for hydroxylation is 1. The third-order valence-corrected chi connectivity index (χ3v) is 4.10. The van der Waals surface area contributed by atoms with Crippen molar-refractivity contribution in [3.05, 3.63) is 30.0 Å². The lowest BCUT2D eigenvalue weighted by molar-refractivity contribution is -0.883. The van der Waals surface area contributed by atoms with E-state index in [4.69, 9.17) is 0 Å². The van der Waals surface area contributed by atoms with Gasteiger partial charge in [-0.15, -0.1) is 0 Å². The number of nitrogens with one attached hydrogen (secondary N) is 1. The van der Waals surface area contributed by atoms with E-state index in [0.29, 0.717) is 6.54 Å². The molecule has 1 aliphatic rings. The van der Waals surface area contributed by atoms with Crippen LogP contribution < -0.4 is 4.90 Å². The zero-order chi connectivity index (χ0) is 14.1. The minimum atomic E-state index is 0.172. The SMILES string of the molecule is Cc1nn(CC(=O)N2CC[NH+](C)CC2)c2ccccc12. The molecule has 1 saturated heterocycles. The highest BCUT2D eigenvalue weighted by Crippen LogP contribution is 2.17. The second-order valence-corrected chi connectivity index (χ2v) is 5.60. The van der Waals surface area contributed by atoms with Gasteiger partial charge >= 0.3 is 0 Å². The number of rotatable bonds is 2. The number of nitrogens with zero attached hydrogens (tertiary/aromatic N) is 3. The van der Waals surface area contributed by atoms with Gasteiger partial charge in [0.2, 0.25) is 5.91 Å². The standard InChI is InChI=1S/C15H20N4O/c1-12-13-5-3-4-6-14(13)19(16-12)11-15(20)18-9-7-17(2)8-10-18/h3-6H,7-11H2,1-2H3/p+1. The van der Waals surface area contributed by atoms with Crippen molar-refractivity contribution >= 4 is 16.8 Å². The highest BCUT2D eigenvalue weighted by molar-refractivity contribution is 5.84. The molecule has 0 atom stereocenters. The molecular formula is C15H21N4O+. The third-order valence-electron chi connectivity index (χ3n) is 4.10. The zero-order valence-electron chi connectivity index (χ0n) is 12.1. The Balaban J connectivity index is 1.78. The molecule has 20 heavy (non-hydrogen) atoms. The molecule has 0 aliphatic carbocycles. The number of hydrogen-bond donors (Lipinski definition) is 1. The van der Waals surface area contributed by atoms with Crippen molar-refractivity contribution in [1.29, 1.82) is 0 Å². The molecule has 1 aromatic heterocycles. The number of amides is 1. The number of carbonyl (C=O) groups is 1. The van der Waals surface area contributed by atoms with Crippen molar-refractivity contribution in [3.8, 4) is 0 Å². The Bertz CT molecular complexity index is 626. The first-order chi connectivity index (χ1) is 9.65. The maximum absolute atomic E-state index is 12.4. The van der Waals surface area contributed by atoms with Gasteiger partial charge in [-0.25, -0.2) is 0 Å². The Kier molecular flexibility index (Phi) is 3.44. The lowest BCUT2D eigenvalue weighted by Gasteiger charge is -2.30. The number of quaternary nitrogens is 1. The molecule has 0 spiro atoms. The first kappa shape index (κ1) is 13.1. The number of likely N-dealkylation sites (N-methyl/N-ethyl adjacent to an activating group) is 1. The van der Waals surface area contributed by atoms with E-state index >= 15 is 0 Å². The molecule has 5 nitrogen and oxygen atoms in total. The monoisotopic (exact) mass is 273 g/mol. The number of benzene rings is 1. The van der Waals surface area contributed by atoms with Crippen molar-refractivity contribution in [2.45, 2.75) is 13.5 Å². The first-order valence-corrected chi connectivity index (χ1v) is 7.16. The summed E-state index contributed by atoms with van der Waals surface area (Å²) >= 11 is 0. The molecule has 1 amide bonds. The van der Waals surface area contributed by atoms with E-state index in [1.54, 1.807) is 0 Å². The highest BCUT2D eigenvalue weighted by atomic mass is 16.2. The first-order valence-electron chi connectivity index (χ1n) is 7.16. The molecule has 5 heteroatoms. The number of para-hydroxylation sites is 1. The quantitative estimate of drug-likeness (QED) is 0.816. The predicted molar refractivity (Wildman–Crippen MR) is 77.7 cm³/mol. The van der Waals surface area contributed by atoms with Crippen LogP contribution in [0.1, 0.15) is 5.69 Å². The van der Waals surface area contributed by atoms with Crippen LogP contribution in [0.2, 0.25) is 0 Å². The van der Waals surface area contributed by atoms with Gasteiger partial charge in [-0.2, -0.15) is 5.10 Å². The van der Waals surface area contributed by atoms with Gasteiger partial charge in [0.15, 0.2) is 0 Å². The third kappa shape index (κ3) is 2.41. The van der Waals surface area contributed by atoms with Crippen LogP contribution in [-0.2, 0) is 11.3 Å². The normalized spacial score (nSPS) is 16.8. The van der Waals surface area contributed by atoms with Crippen LogP contribution in [0.15, 0.2) is 24.3 Å². The van der Waals surface area contributed by atoms with Gasteiger partial charge in [0, 0.05) is 5.39 Å². The summed E-state index contributed by atoms with van der Waals surface area (Å²) in [6.07, 6.45) is 0. The fraction of sp³-hybridized carbons (Fsp3) is 0.467. The Morgan fingerprint density at radius 2 is 2.00 bits per heavy atom. The summed E-state index contributed by atoms with van der Waals surface area (Å²) in [4.78, 5) is 15.8. The summed E-state index contributed by atoms with van der Waals surface area (Å²) < 4.78 is 1.83. The van der Waals surface area contributed by atoms with Gasteiger partial charge in [0.1, 0.15) is 6.54 Å². The number of fused-ring (bicyclic) bond motifs is 1. The van der Waals surface area contributed by atoms with Gasteiger partial charge in [-0.05, 0) is 13.0 Å². The van der Waals surface area contributed by atoms with Gasteiger partial charge in [-0.3, -0.25) is 9.48 Å². The van der Waals surface area contributed by atoms with Crippen molar-refractivity contribution in [3.63, 3.8) is 0 Å². The molecule has 2 heterocycles. The minimum Gasteiger partial charge on any atom is -0.334 e. The molecule has 3 rings (SSSR count). The van der Waals surface area contributed by atoms with E-state index in [1.807, 2.05) is 34.7 Å². The highest BCUT2D eigenvalue weighted by Gasteiger charge is 2.22. The molecule has 0 unspecified atom stereocenters. The summed E-state index contributed by atoms with van der Waals surface area (Å²) in [7, 11) is 2.17. The minimum absolute atomic E-state index is 0.172. The van der Waals surface area contributed by atoms with Crippen molar-refractivity contribution < 1.29 is 9.69 Å². The summed E-state index contributed by atoms with van der Waals surface area (Å²) in [6.45, 7) is 6.09. The summed E-state index contributed by atoms with van der Waals surface area (Å²) in [5.41, 5.74) is 2.02. The Hall–Kier alpha value is -1.88. The molecule has 106 valence electrons. The maximum Gasteiger partial charge on any atom is 0.244 e. The molecule has 0 saturated carbocycles. The summed E-state index contributed by atoms with van der Waals surface area (Å²) in [5.74, 6) is 0.172. The Morgan fingerprint density at radius 1 is 1.30 bits per heavy atom. The largest absolute Gasteiger partial charge is 0.334 e. The molecule has 1 fully saturated rings. The predicted octanol–water partition coefficient (Wildman–Crippen LogP) is -0.298. The fourth-order valence-electron chi connectivity index (χ4n) is 2.78. The average Bonchev–Trinajstić information content (AvgIpc) is 2.77.